The van der Waals surface area contributed by atoms with Crippen LogP contribution in [-0.2, 0) is 14.3 Å². The molecule has 0 bridgehead atoms. The highest BCUT2D eigenvalue weighted by atomic mass is 79.9. The highest BCUT2D eigenvalue weighted by Crippen LogP contribution is 2.24. The molecule has 1 aromatic carbocycles. The minimum atomic E-state index is -0.719. The maximum absolute atomic E-state index is 12.5. The molecular weight excluding hydrogens is 350 g/mol. The summed E-state index contributed by atoms with van der Waals surface area (Å²) in [6.45, 7) is 0.873. The monoisotopic (exact) mass is 361 g/mol. The van der Waals surface area contributed by atoms with Crippen molar-refractivity contribution in [1.82, 2.24) is 4.90 Å². The predicted molar refractivity (Wildman–Crippen MR) is 76.8 cm³/mol. The molecule has 1 unspecified atom stereocenters. The summed E-state index contributed by atoms with van der Waals surface area (Å²) in [4.78, 5) is 25.6. The van der Waals surface area contributed by atoms with Crippen molar-refractivity contribution in [2.75, 3.05) is 26.9 Å². The highest BCUT2D eigenvalue weighted by molar-refractivity contribution is 9.10. The first kappa shape index (κ1) is 15.3. The normalized spacial score (nSPS) is 18.8. The minimum absolute atomic E-state index is 0.142. The molecule has 1 heterocycles. The van der Waals surface area contributed by atoms with Crippen molar-refractivity contribution in [3.05, 3.63) is 33.3 Å². The van der Waals surface area contributed by atoms with Gasteiger partial charge in [0, 0.05) is 16.6 Å². The van der Waals surface area contributed by atoms with Crippen molar-refractivity contribution < 1.29 is 19.1 Å². The van der Waals surface area contributed by atoms with Gasteiger partial charge in [-0.05, 0) is 34.1 Å². The van der Waals surface area contributed by atoms with Crippen LogP contribution in [0.25, 0.3) is 0 Å². The highest BCUT2D eigenvalue weighted by Gasteiger charge is 2.34. The van der Waals surface area contributed by atoms with Gasteiger partial charge >= 0.3 is 5.97 Å². The van der Waals surface area contributed by atoms with E-state index in [4.69, 9.17) is 21.1 Å². The van der Waals surface area contributed by atoms with Crippen LogP contribution in [0.4, 0.5) is 0 Å². The van der Waals surface area contributed by atoms with Gasteiger partial charge in [0.25, 0.3) is 5.91 Å². The lowest BCUT2D eigenvalue weighted by molar-refractivity contribution is -0.151. The molecule has 1 aliphatic heterocycles. The smallest absolute Gasteiger partial charge is 0.331 e. The Labute approximate surface area is 129 Å². The summed E-state index contributed by atoms with van der Waals surface area (Å²) in [5, 5.41) is 0.443. The molecule has 20 heavy (non-hydrogen) atoms. The lowest BCUT2D eigenvalue weighted by Crippen LogP contribution is -2.53. The van der Waals surface area contributed by atoms with E-state index in [1.165, 1.54) is 12.0 Å². The van der Waals surface area contributed by atoms with Crippen molar-refractivity contribution in [1.29, 1.82) is 0 Å². The Balaban J connectivity index is 2.25. The lowest BCUT2D eigenvalue weighted by atomic mass is 10.1. The van der Waals surface area contributed by atoms with Crippen LogP contribution in [0.1, 0.15) is 10.4 Å². The Morgan fingerprint density at radius 3 is 2.90 bits per heavy atom. The molecule has 0 spiro atoms. The first-order chi connectivity index (χ1) is 9.54. The predicted octanol–water partition coefficient (Wildman–Crippen LogP) is 2.12. The Hall–Kier alpha value is -1.11. The Bertz CT molecular complexity index is 537. The van der Waals surface area contributed by atoms with E-state index >= 15 is 0 Å². The van der Waals surface area contributed by atoms with Gasteiger partial charge < -0.3 is 14.4 Å². The van der Waals surface area contributed by atoms with Gasteiger partial charge in [-0.2, -0.15) is 0 Å². The standard InChI is InChI=1S/C13H13BrClNO4/c1-19-13(18)11-7-20-5-4-16(11)12(17)8-2-3-9(14)10(15)6-8/h2-3,6,11H,4-5,7H2,1H3. The van der Waals surface area contributed by atoms with Gasteiger partial charge in [0.2, 0.25) is 0 Å². The summed E-state index contributed by atoms with van der Waals surface area (Å²) >= 11 is 9.26. The number of halogens is 2. The number of rotatable bonds is 2. The molecule has 1 saturated heterocycles. The molecular formula is C13H13BrClNO4. The van der Waals surface area contributed by atoms with Crippen molar-refractivity contribution in [3.63, 3.8) is 0 Å². The van der Waals surface area contributed by atoms with Crippen LogP contribution in [0.5, 0.6) is 0 Å². The van der Waals surface area contributed by atoms with E-state index in [0.29, 0.717) is 28.2 Å². The van der Waals surface area contributed by atoms with Crippen molar-refractivity contribution in [2.24, 2.45) is 0 Å². The van der Waals surface area contributed by atoms with E-state index in [1.807, 2.05) is 0 Å². The van der Waals surface area contributed by atoms with Crippen LogP contribution in [0, 0.1) is 0 Å². The molecule has 0 aliphatic carbocycles. The number of nitrogens with zero attached hydrogens (tertiary/aromatic N) is 1. The SMILES string of the molecule is COC(=O)C1COCCN1C(=O)c1ccc(Br)c(Cl)c1. The topological polar surface area (TPSA) is 55.8 Å². The third kappa shape index (κ3) is 3.13. The van der Waals surface area contributed by atoms with Gasteiger partial charge in [0.05, 0.1) is 25.3 Å². The largest absolute Gasteiger partial charge is 0.467 e. The molecule has 1 atom stereocenters. The molecule has 7 heteroatoms. The summed E-state index contributed by atoms with van der Waals surface area (Å²) in [7, 11) is 1.29. The molecule has 1 aliphatic rings. The molecule has 2 rings (SSSR count). The summed E-state index contributed by atoms with van der Waals surface area (Å²) in [6.07, 6.45) is 0. The number of carbonyl (C=O) groups excluding carboxylic acids is 2. The fourth-order valence-corrected chi connectivity index (χ4v) is 2.40. The molecule has 0 N–H and O–H groups in total. The molecule has 1 aromatic rings. The molecule has 1 fully saturated rings. The molecule has 0 aromatic heterocycles. The van der Waals surface area contributed by atoms with E-state index in [1.54, 1.807) is 18.2 Å². The molecule has 1 amide bonds. The van der Waals surface area contributed by atoms with Gasteiger partial charge in [-0.25, -0.2) is 4.79 Å². The maximum atomic E-state index is 12.5. The second kappa shape index (κ2) is 6.56. The van der Waals surface area contributed by atoms with E-state index in [9.17, 15) is 9.59 Å². The molecule has 108 valence electrons. The number of benzene rings is 1. The zero-order valence-electron chi connectivity index (χ0n) is 10.8. The van der Waals surface area contributed by atoms with E-state index in [0.717, 1.165) is 0 Å². The fourth-order valence-electron chi connectivity index (χ4n) is 1.97. The molecule has 0 saturated carbocycles. The van der Waals surface area contributed by atoms with Gasteiger partial charge in [-0.3, -0.25) is 4.79 Å². The Kier molecular flexibility index (Phi) is 5.01. The van der Waals surface area contributed by atoms with Crippen molar-refractivity contribution >= 4 is 39.4 Å². The van der Waals surface area contributed by atoms with Gasteiger partial charge in [-0.1, -0.05) is 11.6 Å². The Morgan fingerprint density at radius 1 is 1.50 bits per heavy atom. The third-order valence-corrected chi connectivity index (χ3v) is 4.26. The first-order valence-electron chi connectivity index (χ1n) is 5.96. The number of esters is 1. The number of amides is 1. The summed E-state index contributed by atoms with van der Waals surface area (Å²) in [5.41, 5.74) is 0.425. The van der Waals surface area contributed by atoms with E-state index in [2.05, 4.69) is 15.9 Å². The van der Waals surface area contributed by atoms with Gasteiger partial charge in [0.1, 0.15) is 0 Å². The van der Waals surface area contributed by atoms with E-state index < -0.39 is 12.0 Å². The maximum Gasteiger partial charge on any atom is 0.331 e. The van der Waals surface area contributed by atoms with Crippen LogP contribution in [-0.4, -0.2) is 49.7 Å². The lowest BCUT2D eigenvalue weighted by Gasteiger charge is -2.33. The van der Waals surface area contributed by atoms with Crippen LogP contribution in [0.3, 0.4) is 0 Å². The minimum Gasteiger partial charge on any atom is -0.467 e. The van der Waals surface area contributed by atoms with Gasteiger partial charge in [0.15, 0.2) is 6.04 Å². The quantitative estimate of drug-likeness (QED) is 0.756. The van der Waals surface area contributed by atoms with Crippen LogP contribution < -0.4 is 0 Å². The summed E-state index contributed by atoms with van der Waals surface area (Å²) in [5.74, 6) is -0.751. The van der Waals surface area contributed by atoms with Gasteiger partial charge in [-0.15, -0.1) is 0 Å². The number of ether oxygens (including phenoxy) is 2. The summed E-state index contributed by atoms with van der Waals surface area (Å²) < 4.78 is 10.6. The van der Waals surface area contributed by atoms with Crippen LogP contribution in [0.15, 0.2) is 22.7 Å². The van der Waals surface area contributed by atoms with Crippen molar-refractivity contribution in [2.45, 2.75) is 6.04 Å². The summed E-state index contributed by atoms with van der Waals surface area (Å²) in [6, 6.07) is 4.20. The van der Waals surface area contributed by atoms with E-state index in [-0.39, 0.29) is 12.5 Å². The van der Waals surface area contributed by atoms with Crippen LogP contribution in [0.2, 0.25) is 5.02 Å². The number of methoxy groups -OCH3 is 1. The number of hydrogen-bond acceptors (Lipinski definition) is 4. The fraction of sp³-hybridized carbons (Fsp3) is 0.385. The number of morpholine rings is 1. The average Bonchev–Trinajstić information content (AvgIpc) is 2.48. The second-order valence-electron chi connectivity index (χ2n) is 4.24. The van der Waals surface area contributed by atoms with Crippen molar-refractivity contribution in [3.8, 4) is 0 Å². The zero-order chi connectivity index (χ0) is 14.7. The second-order valence-corrected chi connectivity index (χ2v) is 5.50. The Morgan fingerprint density at radius 2 is 2.25 bits per heavy atom. The zero-order valence-corrected chi connectivity index (χ0v) is 13.1. The molecule has 0 radical (unpaired) electrons. The first-order valence-corrected chi connectivity index (χ1v) is 7.13. The third-order valence-electron chi connectivity index (χ3n) is 3.03. The molecule has 5 nitrogen and oxygen atoms in total. The van der Waals surface area contributed by atoms with Crippen LogP contribution >= 0.6 is 27.5 Å². The number of hydrogen-bond donors (Lipinski definition) is 0. The number of carbonyl (C=O) groups is 2. The average molecular weight is 363 g/mol.